The van der Waals surface area contributed by atoms with Crippen molar-refractivity contribution in [2.75, 3.05) is 19.7 Å². The summed E-state index contributed by atoms with van der Waals surface area (Å²) in [6, 6.07) is 3.13. The first-order chi connectivity index (χ1) is 11.5. The lowest BCUT2D eigenvalue weighted by Crippen LogP contribution is -2.39. The van der Waals surface area contributed by atoms with Gasteiger partial charge in [-0.2, -0.15) is 0 Å². The number of carbonyl (C=O) groups is 2. The molecule has 2 rings (SSSR count). The number of nitrogens with zero attached hydrogens (tertiary/aromatic N) is 1. The van der Waals surface area contributed by atoms with E-state index >= 15 is 0 Å². The molecule has 0 aromatic heterocycles. The maximum atomic E-state index is 13.6. The lowest BCUT2D eigenvalue weighted by atomic mass is 10.1. The van der Waals surface area contributed by atoms with E-state index in [4.69, 9.17) is 9.84 Å². The van der Waals surface area contributed by atoms with Crippen LogP contribution in [0.2, 0.25) is 0 Å². The summed E-state index contributed by atoms with van der Waals surface area (Å²) in [6.45, 7) is 1.05. The van der Waals surface area contributed by atoms with Crippen molar-refractivity contribution in [3.05, 3.63) is 35.4 Å². The van der Waals surface area contributed by atoms with Gasteiger partial charge >= 0.3 is 5.97 Å². The van der Waals surface area contributed by atoms with Crippen molar-refractivity contribution in [1.29, 1.82) is 0 Å². The first kappa shape index (κ1) is 18.3. The van der Waals surface area contributed by atoms with Crippen molar-refractivity contribution < 1.29 is 28.2 Å². The minimum atomic E-state index is -0.990. The summed E-state index contributed by atoms with van der Waals surface area (Å²) in [7, 11) is 0. The standard InChI is InChI=1S/C17H21F2NO4/c18-13-4-5-15(19)12(10-13)3-6-16(21)20(8-7-17(22)23)11-14-2-1-9-24-14/h4-5,10,14H,1-3,6-9,11H2,(H,22,23)/t14-/m0/s1. The zero-order valence-electron chi connectivity index (χ0n) is 13.3. The Hall–Kier alpha value is -2.02. The minimum absolute atomic E-state index is 0.00723. The monoisotopic (exact) mass is 341 g/mol. The fourth-order valence-electron chi connectivity index (χ4n) is 2.72. The van der Waals surface area contributed by atoms with Crippen molar-refractivity contribution in [3.8, 4) is 0 Å². The Kier molecular flexibility index (Phi) is 6.66. The molecule has 1 aromatic rings. The Morgan fingerprint density at radius 2 is 2.08 bits per heavy atom. The number of carbonyl (C=O) groups excluding carboxylic acids is 1. The van der Waals surface area contributed by atoms with Gasteiger partial charge in [0.05, 0.1) is 12.5 Å². The van der Waals surface area contributed by atoms with Gasteiger partial charge in [0.1, 0.15) is 11.6 Å². The average Bonchev–Trinajstić information content (AvgIpc) is 3.04. The summed E-state index contributed by atoms with van der Waals surface area (Å²) in [5, 5.41) is 8.82. The van der Waals surface area contributed by atoms with Crippen LogP contribution < -0.4 is 0 Å². The number of benzene rings is 1. The van der Waals surface area contributed by atoms with Crippen LogP contribution in [0.4, 0.5) is 8.78 Å². The summed E-state index contributed by atoms with van der Waals surface area (Å²) < 4.78 is 32.3. The number of ether oxygens (including phenoxy) is 1. The second-order valence-electron chi connectivity index (χ2n) is 5.85. The Morgan fingerprint density at radius 3 is 2.75 bits per heavy atom. The highest BCUT2D eigenvalue weighted by atomic mass is 19.1. The summed E-state index contributed by atoms with van der Waals surface area (Å²) in [6.07, 6.45) is 1.56. The van der Waals surface area contributed by atoms with Gasteiger partial charge in [0.25, 0.3) is 0 Å². The molecule has 0 aliphatic carbocycles. The number of carboxylic acids is 1. The normalized spacial score (nSPS) is 17.0. The van der Waals surface area contributed by atoms with Crippen LogP contribution in [-0.2, 0) is 20.7 Å². The van der Waals surface area contributed by atoms with E-state index in [-0.39, 0.29) is 43.4 Å². The van der Waals surface area contributed by atoms with Crippen molar-refractivity contribution in [1.82, 2.24) is 4.90 Å². The molecule has 24 heavy (non-hydrogen) atoms. The number of amides is 1. The van der Waals surface area contributed by atoms with E-state index in [0.29, 0.717) is 13.2 Å². The molecule has 0 unspecified atom stereocenters. The van der Waals surface area contributed by atoms with E-state index in [9.17, 15) is 18.4 Å². The highest BCUT2D eigenvalue weighted by molar-refractivity contribution is 5.77. The smallest absolute Gasteiger partial charge is 0.305 e. The topological polar surface area (TPSA) is 66.8 Å². The molecule has 0 saturated carbocycles. The molecule has 1 saturated heterocycles. The summed E-state index contributed by atoms with van der Waals surface area (Å²) in [5.41, 5.74) is 0.138. The molecular weight excluding hydrogens is 320 g/mol. The maximum absolute atomic E-state index is 13.6. The van der Waals surface area contributed by atoms with E-state index < -0.39 is 17.6 Å². The SMILES string of the molecule is O=C(O)CCN(C[C@@H]1CCCO1)C(=O)CCc1cc(F)ccc1F. The van der Waals surface area contributed by atoms with E-state index in [1.165, 1.54) is 4.90 Å². The van der Waals surface area contributed by atoms with Crippen LogP contribution in [0, 0.1) is 11.6 Å². The molecule has 1 heterocycles. The third-order valence-corrected chi connectivity index (χ3v) is 4.01. The van der Waals surface area contributed by atoms with Gasteiger partial charge in [0.2, 0.25) is 5.91 Å². The highest BCUT2D eigenvalue weighted by Crippen LogP contribution is 2.16. The number of hydrogen-bond donors (Lipinski definition) is 1. The lowest BCUT2D eigenvalue weighted by Gasteiger charge is -2.25. The van der Waals surface area contributed by atoms with Crippen molar-refractivity contribution in [3.63, 3.8) is 0 Å². The first-order valence-corrected chi connectivity index (χ1v) is 8.01. The number of halogens is 2. The molecule has 1 aliphatic heterocycles. The predicted octanol–water partition coefficient (Wildman–Crippen LogP) is 2.38. The molecule has 1 N–H and O–H groups in total. The van der Waals surface area contributed by atoms with E-state index in [0.717, 1.165) is 31.0 Å². The highest BCUT2D eigenvalue weighted by Gasteiger charge is 2.23. The van der Waals surface area contributed by atoms with Crippen molar-refractivity contribution >= 4 is 11.9 Å². The number of carboxylic acid groups (broad SMARTS) is 1. The third-order valence-electron chi connectivity index (χ3n) is 4.01. The largest absolute Gasteiger partial charge is 0.481 e. The van der Waals surface area contributed by atoms with Crippen LogP contribution in [-0.4, -0.2) is 47.7 Å². The van der Waals surface area contributed by atoms with Crippen LogP contribution in [0.25, 0.3) is 0 Å². The van der Waals surface area contributed by atoms with Crippen LogP contribution in [0.1, 0.15) is 31.2 Å². The quantitative estimate of drug-likeness (QED) is 0.788. The van der Waals surface area contributed by atoms with E-state index in [1.54, 1.807) is 0 Å². The van der Waals surface area contributed by atoms with E-state index in [1.807, 2.05) is 0 Å². The number of aryl methyl sites for hydroxylation is 1. The molecule has 1 atom stereocenters. The van der Waals surface area contributed by atoms with E-state index in [2.05, 4.69) is 0 Å². The number of hydrogen-bond acceptors (Lipinski definition) is 3. The first-order valence-electron chi connectivity index (χ1n) is 8.01. The molecule has 1 amide bonds. The Morgan fingerprint density at radius 1 is 1.29 bits per heavy atom. The minimum Gasteiger partial charge on any atom is -0.481 e. The number of aliphatic carboxylic acids is 1. The van der Waals surface area contributed by atoms with Gasteiger partial charge < -0.3 is 14.7 Å². The molecule has 7 heteroatoms. The summed E-state index contributed by atoms with van der Waals surface area (Å²) >= 11 is 0. The van der Waals surface area contributed by atoms with Crippen LogP contribution in [0.3, 0.4) is 0 Å². The summed E-state index contributed by atoms with van der Waals surface area (Å²) in [4.78, 5) is 24.6. The Bertz CT molecular complexity index is 588. The molecule has 0 radical (unpaired) electrons. The molecule has 0 spiro atoms. The second-order valence-corrected chi connectivity index (χ2v) is 5.85. The van der Waals surface area contributed by atoms with Crippen LogP contribution in [0.15, 0.2) is 18.2 Å². The van der Waals surface area contributed by atoms with Crippen LogP contribution >= 0.6 is 0 Å². The second kappa shape index (κ2) is 8.73. The van der Waals surface area contributed by atoms with Gasteiger partial charge in [-0.05, 0) is 43.0 Å². The van der Waals surface area contributed by atoms with Gasteiger partial charge in [-0.15, -0.1) is 0 Å². The van der Waals surface area contributed by atoms with Gasteiger partial charge in [-0.25, -0.2) is 8.78 Å². The predicted molar refractivity (Wildman–Crippen MR) is 82.5 cm³/mol. The lowest BCUT2D eigenvalue weighted by molar-refractivity contribution is -0.139. The van der Waals surface area contributed by atoms with Gasteiger partial charge in [-0.1, -0.05) is 0 Å². The molecule has 132 valence electrons. The zero-order chi connectivity index (χ0) is 17.5. The number of rotatable bonds is 8. The third kappa shape index (κ3) is 5.56. The van der Waals surface area contributed by atoms with Crippen molar-refractivity contribution in [2.24, 2.45) is 0 Å². The zero-order valence-corrected chi connectivity index (χ0v) is 13.3. The fourth-order valence-corrected chi connectivity index (χ4v) is 2.72. The van der Waals surface area contributed by atoms with Gasteiger partial charge in [-0.3, -0.25) is 9.59 Å². The van der Waals surface area contributed by atoms with Crippen LogP contribution in [0.5, 0.6) is 0 Å². The van der Waals surface area contributed by atoms with Gasteiger partial charge in [0.15, 0.2) is 0 Å². The maximum Gasteiger partial charge on any atom is 0.305 e. The molecule has 1 aromatic carbocycles. The Balaban J connectivity index is 1.94. The molecule has 0 bridgehead atoms. The molecule has 1 fully saturated rings. The van der Waals surface area contributed by atoms with Crippen molar-refractivity contribution in [2.45, 2.75) is 38.2 Å². The molecular formula is C17H21F2NO4. The molecule has 1 aliphatic rings. The average molecular weight is 341 g/mol. The van der Waals surface area contributed by atoms with Gasteiger partial charge in [0, 0.05) is 26.1 Å². The summed E-state index contributed by atoms with van der Waals surface area (Å²) in [5.74, 6) is -2.38. The Labute approximate surface area is 139 Å². The fraction of sp³-hybridized carbons (Fsp3) is 0.529. The molecule has 5 nitrogen and oxygen atoms in total.